The van der Waals surface area contributed by atoms with Crippen molar-refractivity contribution in [3.63, 3.8) is 0 Å². The molecule has 0 radical (unpaired) electrons. The van der Waals surface area contributed by atoms with Crippen molar-refractivity contribution in [1.29, 1.82) is 0 Å². The molecule has 0 fully saturated rings. The Hall–Kier alpha value is -2.09. The van der Waals surface area contributed by atoms with Gasteiger partial charge in [0.15, 0.2) is 0 Å². The Morgan fingerprint density at radius 2 is 1.74 bits per heavy atom. The molecule has 0 unspecified atom stereocenters. The van der Waals surface area contributed by atoms with Crippen LogP contribution in [-0.4, -0.2) is 34.2 Å². The van der Waals surface area contributed by atoms with Crippen LogP contribution >= 0.6 is 15.9 Å². The normalized spacial score (nSPS) is 11.4. The molecule has 102 valence electrons. The lowest BCUT2D eigenvalue weighted by atomic mass is 10.2. The quantitative estimate of drug-likeness (QED) is 0.652. The van der Waals surface area contributed by atoms with E-state index >= 15 is 0 Å². The highest BCUT2D eigenvalue weighted by Crippen LogP contribution is 2.13. The van der Waals surface area contributed by atoms with Crippen LogP contribution in [0.2, 0.25) is 0 Å². The van der Waals surface area contributed by atoms with Gasteiger partial charge in [-0.15, -0.1) is 0 Å². The van der Waals surface area contributed by atoms with Gasteiger partial charge in [-0.3, -0.25) is 4.79 Å². The van der Waals surface area contributed by atoms with Crippen LogP contribution in [0.15, 0.2) is 28.7 Å². The van der Waals surface area contributed by atoms with Gasteiger partial charge in [-0.05, 0) is 24.3 Å². The number of aliphatic carboxylic acids is 2. The average molecular weight is 331 g/mol. The number of carbonyl (C=O) groups excluding carboxylic acids is 1. The maximum atomic E-state index is 11.5. The number of halogens is 1. The molecule has 0 spiro atoms. The van der Waals surface area contributed by atoms with Crippen LogP contribution in [0.25, 0.3) is 0 Å². The molecule has 0 aliphatic heterocycles. The Labute approximate surface area is 116 Å². The largest absolute Gasteiger partial charge is 0.481 e. The molecule has 7 nitrogen and oxygen atoms in total. The summed E-state index contributed by atoms with van der Waals surface area (Å²) in [5, 5.41) is 21.8. The first-order valence-electron chi connectivity index (χ1n) is 5.16. The second-order valence-corrected chi connectivity index (χ2v) is 4.51. The molecular formula is C11H11BrN2O5. The van der Waals surface area contributed by atoms with Crippen LogP contribution in [-0.2, 0) is 9.59 Å². The zero-order valence-corrected chi connectivity index (χ0v) is 11.2. The van der Waals surface area contributed by atoms with Gasteiger partial charge in [0.1, 0.15) is 6.04 Å². The van der Waals surface area contributed by atoms with Crippen LogP contribution in [0.4, 0.5) is 10.5 Å². The maximum absolute atomic E-state index is 11.5. The average Bonchev–Trinajstić information content (AvgIpc) is 2.30. The highest BCUT2D eigenvalue weighted by molar-refractivity contribution is 9.10. The van der Waals surface area contributed by atoms with E-state index in [4.69, 9.17) is 10.2 Å². The third kappa shape index (κ3) is 5.38. The van der Waals surface area contributed by atoms with E-state index in [1.54, 1.807) is 24.3 Å². The standard InChI is InChI=1S/C11H11BrN2O5/c12-6-1-3-7(4-2-6)13-11(19)14-8(10(17)18)5-9(15)16/h1-4,8H,5H2,(H,15,16)(H,17,18)(H2,13,14,19)/t8-/m1/s1. The number of carboxylic acids is 2. The van der Waals surface area contributed by atoms with Gasteiger partial charge in [-0.1, -0.05) is 15.9 Å². The van der Waals surface area contributed by atoms with Crippen molar-refractivity contribution in [2.75, 3.05) is 5.32 Å². The Morgan fingerprint density at radius 3 is 2.21 bits per heavy atom. The number of carboxylic acid groups (broad SMARTS) is 2. The highest BCUT2D eigenvalue weighted by atomic mass is 79.9. The highest BCUT2D eigenvalue weighted by Gasteiger charge is 2.22. The lowest BCUT2D eigenvalue weighted by molar-refractivity contribution is -0.145. The molecule has 1 rings (SSSR count). The fourth-order valence-electron chi connectivity index (χ4n) is 1.23. The van der Waals surface area contributed by atoms with Crippen molar-refractivity contribution in [3.05, 3.63) is 28.7 Å². The van der Waals surface area contributed by atoms with Crippen molar-refractivity contribution in [2.24, 2.45) is 0 Å². The van der Waals surface area contributed by atoms with E-state index < -0.39 is 30.4 Å². The van der Waals surface area contributed by atoms with E-state index in [9.17, 15) is 14.4 Å². The number of rotatable bonds is 5. The Kier molecular flexibility index (Phi) is 5.31. The Bertz CT molecular complexity index is 488. The number of benzene rings is 1. The predicted molar refractivity (Wildman–Crippen MR) is 70.0 cm³/mol. The van der Waals surface area contributed by atoms with Gasteiger partial charge < -0.3 is 20.8 Å². The minimum absolute atomic E-state index is 0.458. The van der Waals surface area contributed by atoms with E-state index in [-0.39, 0.29) is 0 Å². The zero-order chi connectivity index (χ0) is 14.4. The summed E-state index contributed by atoms with van der Waals surface area (Å²) in [5.74, 6) is -2.72. The van der Waals surface area contributed by atoms with E-state index in [1.165, 1.54) is 0 Å². The summed E-state index contributed by atoms with van der Waals surface area (Å²) in [6.07, 6.45) is -0.691. The lowest BCUT2D eigenvalue weighted by Crippen LogP contribution is -2.44. The maximum Gasteiger partial charge on any atom is 0.326 e. The number of urea groups is 1. The monoisotopic (exact) mass is 330 g/mol. The summed E-state index contributed by atoms with van der Waals surface area (Å²) >= 11 is 3.23. The van der Waals surface area contributed by atoms with E-state index in [2.05, 4.69) is 26.6 Å². The molecule has 1 atom stereocenters. The number of hydrogen-bond acceptors (Lipinski definition) is 3. The zero-order valence-electron chi connectivity index (χ0n) is 9.59. The summed E-state index contributed by atoms with van der Waals surface area (Å²) in [4.78, 5) is 32.7. The fraction of sp³-hybridized carbons (Fsp3) is 0.182. The first kappa shape index (κ1) is 15.0. The van der Waals surface area contributed by atoms with Gasteiger partial charge in [0.05, 0.1) is 6.42 Å². The first-order valence-corrected chi connectivity index (χ1v) is 5.95. The molecule has 0 heterocycles. The van der Waals surface area contributed by atoms with Crippen LogP contribution in [0.3, 0.4) is 0 Å². The summed E-state index contributed by atoms with van der Waals surface area (Å²) in [6.45, 7) is 0. The Balaban J connectivity index is 2.59. The van der Waals surface area contributed by atoms with Crippen molar-refractivity contribution in [3.8, 4) is 0 Å². The van der Waals surface area contributed by atoms with Crippen LogP contribution in [0.1, 0.15) is 6.42 Å². The molecule has 1 aromatic rings. The smallest absolute Gasteiger partial charge is 0.326 e. The molecule has 0 saturated heterocycles. The molecule has 8 heteroatoms. The molecule has 2 amide bonds. The molecule has 0 bridgehead atoms. The second kappa shape index (κ2) is 6.74. The third-order valence-electron chi connectivity index (χ3n) is 2.08. The molecule has 0 aromatic heterocycles. The number of amides is 2. The molecule has 19 heavy (non-hydrogen) atoms. The number of nitrogens with one attached hydrogen (secondary N) is 2. The van der Waals surface area contributed by atoms with Crippen molar-refractivity contribution in [1.82, 2.24) is 5.32 Å². The van der Waals surface area contributed by atoms with Crippen molar-refractivity contribution in [2.45, 2.75) is 12.5 Å². The summed E-state index contributed by atoms with van der Waals surface area (Å²) in [5.41, 5.74) is 0.458. The van der Waals surface area contributed by atoms with E-state index in [0.717, 1.165) is 4.47 Å². The molecular weight excluding hydrogens is 320 g/mol. The third-order valence-corrected chi connectivity index (χ3v) is 2.61. The van der Waals surface area contributed by atoms with Crippen LogP contribution in [0, 0.1) is 0 Å². The summed E-state index contributed by atoms with van der Waals surface area (Å²) in [7, 11) is 0. The van der Waals surface area contributed by atoms with Crippen LogP contribution < -0.4 is 10.6 Å². The predicted octanol–water partition coefficient (Wildman–Crippen LogP) is 1.50. The van der Waals surface area contributed by atoms with Crippen molar-refractivity contribution >= 4 is 39.6 Å². The second-order valence-electron chi connectivity index (χ2n) is 3.59. The van der Waals surface area contributed by atoms with E-state index in [0.29, 0.717) is 5.69 Å². The minimum Gasteiger partial charge on any atom is -0.481 e. The summed E-state index contributed by atoms with van der Waals surface area (Å²) in [6, 6.07) is 4.35. The molecule has 0 aliphatic carbocycles. The molecule has 0 aliphatic rings. The fourth-order valence-corrected chi connectivity index (χ4v) is 1.50. The molecule has 4 N–H and O–H groups in total. The van der Waals surface area contributed by atoms with Crippen molar-refractivity contribution < 1.29 is 24.6 Å². The number of carbonyl (C=O) groups is 3. The van der Waals surface area contributed by atoms with E-state index in [1.807, 2.05) is 0 Å². The van der Waals surface area contributed by atoms with Crippen LogP contribution in [0.5, 0.6) is 0 Å². The number of anilines is 1. The lowest BCUT2D eigenvalue weighted by Gasteiger charge is -2.13. The molecule has 1 aromatic carbocycles. The Morgan fingerprint density at radius 1 is 1.16 bits per heavy atom. The molecule has 0 saturated carbocycles. The first-order chi connectivity index (χ1) is 8.88. The van der Waals surface area contributed by atoms with Gasteiger partial charge in [-0.2, -0.15) is 0 Å². The van der Waals surface area contributed by atoms with Gasteiger partial charge in [-0.25, -0.2) is 9.59 Å². The topological polar surface area (TPSA) is 116 Å². The summed E-state index contributed by atoms with van der Waals surface area (Å²) < 4.78 is 0.827. The minimum atomic E-state index is -1.48. The van der Waals surface area contributed by atoms with Gasteiger partial charge in [0.2, 0.25) is 0 Å². The van der Waals surface area contributed by atoms with Gasteiger partial charge in [0.25, 0.3) is 0 Å². The van der Waals surface area contributed by atoms with Gasteiger partial charge in [0, 0.05) is 10.2 Å². The van der Waals surface area contributed by atoms with Gasteiger partial charge >= 0.3 is 18.0 Å². The number of hydrogen-bond donors (Lipinski definition) is 4. The SMILES string of the molecule is O=C(O)C[C@@H](NC(=O)Nc1ccc(Br)cc1)C(=O)O.